The van der Waals surface area contributed by atoms with Crippen molar-refractivity contribution in [2.24, 2.45) is 11.8 Å². The Bertz CT molecular complexity index is 634. The van der Waals surface area contributed by atoms with Gasteiger partial charge in [0.05, 0.1) is 18.5 Å². The van der Waals surface area contributed by atoms with E-state index in [0.717, 1.165) is 25.7 Å². The fourth-order valence-corrected chi connectivity index (χ4v) is 3.57. The number of amides is 2. The third-order valence-electron chi connectivity index (χ3n) is 5.78. The Kier molecular flexibility index (Phi) is 15.2. The Hall–Kier alpha value is -2.25. The topological polar surface area (TPSA) is 130 Å². The molecule has 0 aromatic heterocycles. The van der Waals surface area contributed by atoms with Crippen LogP contribution in [0.2, 0.25) is 0 Å². The lowest BCUT2D eigenvalue weighted by Crippen LogP contribution is -2.46. The molecule has 2 amide bonds. The number of aliphatic carboxylic acids is 1. The molecule has 4 atom stereocenters. The number of hydrogen-bond acceptors (Lipinski definition) is 5. The van der Waals surface area contributed by atoms with E-state index in [0.29, 0.717) is 25.7 Å². The molecule has 8 nitrogen and oxygen atoms in total. The highest BCUT2D eigenvalue weighted by atomic mass is 16.4. The molecule has 0 radical (unpaired) electrons. The van der Waals surface area contributed by atoms with Crippen molar-refractivity contribution >= 4 is 29.4 Å². The third kappa shape index (κ3) is 11.4. The second-order valence-electron chi connectivity index (χ2n) is 8.50. The number of carbonyl (C=O) groups excluding carboxylic acids is 4. The minimum Gasteiger partial charge on any atom is -0.481 e. The number of rotatable bonds is 18. The minimum absolute atomic E-state index is 0.0290. The Balaban J connectivity index is 5.25. The first kappa shape index (κ1) is 29.8. The van der Waals surface area contributed by atoms with Gasteiger partial charge >= 0.3 is 5.97 Å². The summed E-state index contributed by atoms with van der Waals surface area (Å²) in [5.74, 6) is -3.46. The second-order valence-corrected chi connectivity index (χ2v) is 8.50. The van der Waals surface area contributed by atoms with E-state index in [1.54, 1.807) is 13.8 Å². The van der Waals surface area contributed by atoms with Crippen molar-refractivity contribution in [3.8, 4) is 0 Å². The lowest BCUT2D eigenvalue weighted by Gasteiger charge is -2.24. The quantitative estimate of drug-likeness (QED) is 0.291. The zero-order valence-corrected chi connectivity index (χ0v) is 20.4. The van der Waals surface area contributed by atoms with Crippen molar-refractivity contribution in [3.63, 3.8) is 0 Å². The highest BCUT2D eigenvalue weighted by molar-refractivity contribution is 5.94. The number of carbonyl (C=O) groups is 5. The zero-order chi connectivity index (χ0) is 24.7. The zero-order valence-electron chi connectivity index (χ0n) is 20.4. The molecule has 0 fully saturated rings. The highest BCUT2D eigenvalue weighted by Crippen LogP contribution is 2.18. The molecule has 0 aliphatic rings. The summed E-state index contributed by atoms with van der Waals surface area (Å²) >= 11 is 0. The number of carboxylic acids is 1. The van der Waals surface area contributed by atoms with Gasteiger partial charge in [0.25, 0.3) is 0 Å². The summed E-state index contributed by atoms with van der Waals surface area (Å²) in [5, 5.41) is 14.5. The van der Waals surface area contributed by atoms with Gasteiger partial charge in [0.2, 0.25) is 11.8 Å². The largest absolute Gasteiger partial charge is 0.481 e. The van der Waals surface area contributed by atoms with Crippen molar-refractivity contribution in [3.05, 3.63) is 0 Å². The van der Waals surface area contributed by atoms with Crippen molar-refractivity contribution in [2.45, 2.75) is 111 Å². The molecular formula is C24H42N2O6. The summed E-state index contributed by atoms with van der Waals surface area (Å²) in [6.45, 7) is 8.96. The first-order valence-corrected chi connectivity index (χ1v) is 12.0. The van der Waals surface area contributed by atoms with Gasteiger partial charge in [-0.25, -0.2) is 0 Å². The SMILES string of the molecule is CCCC[C@H](CC(=O)[C@H](CC)NC(=O)[C@@H](CC)CC(=O)O)C(=O)N[C@@H](CCCC)C(C)=O. The molecule has 0 aromatic rings. The monoisotopic (exact) mass is 454 g/mol. The lowest BCUT2D eigenvalue weighted by molar-refractivity contribution is -0.141. The Morgan fingerprint density at radius 2 is 1.25 bits per heavy atom. The van der Waals surface area contributed by atoms with E-state index in [1.165, 1.54) is 6.92 Å². The molecule has 0 aliphatic heterocycles. The van der Waals surface area contributed by atoms with Crippen LogP contribution in [0, 0.1) is 11.8 Å². The summed E-state index contributed by atoms with van der Waals surface area (Å²) in [6, 6.07) is -1.32. The van der Waals surface area contributed by atoms with Crippen LogP contribution in [-0.4, -0.2) is 46.5 Å². The van der Waals surface area contributed by atoms with Crippen LogP contribution in [0.1, 0.15) is 98.8 Å². The molecule has 0 saturated heterocycles. The van der Waals surface area contributed by atoms with E-state index in [2.05, 4.69) is 10.6 Å². The van der Waals surface area contributed by atoms with Crippen LogP contribution in [0.3, 0.4) is 0 Å². The van der Waals surface area contributed by atoms with Gasteiger partial charge < -0.3 is 15.7 Å². The molecule has 0 rings (SSSR count). The van der Waals surface area contributed by atoms with Crippen LogP contribution in [0.5, 0.6) is 0 Å². The summed E-state index contributed by atoms with van der Waals surface area (Å²) in [4.78, 5) is 61.2. The maximum absolute atomic E-state index is 12.9. The molecule has 0 heterocycles. The second kappa shape index (κ2) is 16.4. The van der Waals surface area contributed by atoms with Crippen molar-refractivity contribution in [1.82, 2.24) is 10.6 Å². The summed E-state index contributed by atoms with van der Waals surface area (Å²) in [5.41, 5.74) is 0. The normalized spacial score (nSPS) is 14.7. The lowest BCUT2D eigenvalue weighted by atomic mass is 9.91. The van der Waals surface area contributed by atoms with Gasteiger partial charge in [-0.1, -0.05) is 53.4 Å². The van der Waals surface area contributed by atoms with Crippen LogP contribution in [-0.2, 0) is 24.0 Å². The average Bonchev–Trinajstić information content (AvgIpc) is 2.74. The number of hydrogen-bond donors (Lipinski definition) is 3. The van der Waals surface area contributed by atoms with E-state index in [9.17, 15) is 24.0 Å². The fourth-order valence-electron chi connectivity index (χ4n) is 3.57. The number of carboxylic acid groups (broad SMARTS) is 1. The van der Waals surface area contributed by atoms with Crippen molar-refractivity contribution in [2.75, 3.05) is 0 Å². The van der Waals surface area contributed by atoms with Crippen LogP contribution >= 0.6 is 0 Å². The van der Waals surface area contributed by atoms with Gasteiger partial charge in [0.15, 0.2) is 11.6 Å². The van der Waals surface area contributed by atoms with Crippen LogP contribution in [0.15, 0.2) is 0 Å². The molecule has 0 spiro atoms. The maximum atomic E-state index is 12.9. The first-order chi connectivity index (χ1) is 15.1. The summed E-state index contributed by atoms with van der Waals surface area (Å²) in [6.07, 6.45) is 4.84. The van der Waals surface area contributed by atoms with E-state index in [-0.39, 0.29) is 30.3 Å². The van der Waals surface area contributed by atoms with Gasteiger partial charge in [-0.2, -0.15) is 0 Å². The third-order valence-corrected chi connectivity index (χ3v) is 5.78. The predicted molar refractivity (Wildman–Crippen MR) is 123 cm³/mol. The van der Waals surface area contributed by atoms with E-state index in [1.807, 2.05) is 13.8 Å². The minimum atomic E-state index is -1.06. The highest BCUT2D eigenvalue weighted by Gasteiger charge is 2.30. The van der Waals surface area contributed by atoms with Crippen molar-refractivity contribution < 1.29 is 29.1 Å². The van der Waals surface area contributed by atoms with Gasteiger partial charge in [-0.15, -0.1) is 0 Å². The predicted octanol–water partition coefficient (Wildman–Crippen LogP) is 3.41. The number of ketones is 2. The summed E-state index contributed by atoms with van der Waals surface area (Å²) < 4.78 is 0. The van der Waals surface area contributed by atoms with Crippen molar-refractivity contribution in [1.29, 1.82) is 0 Å². The molecule has 32 heavy (non-hydrogen) atoms. The van der Waals surface area contributed by atoms with Gasteiger partial charge in [0, 0.05) is 18.3 Å². The number of Topliss-reactive ketones (excluding diaryl/α,β-unsaturated/α-hetero) is 2. The van der Waals surface area contributed by atoms with Crippen LogP contribution in [0.25, 0.3) is 0 Å². The van der Waals surface area contributed by atoms with Gasteiger partial charge in [0.1, 0.15) is 0 Å². The van der Waals surface area contributed by atoms with Gasteiger partial charge in [-0.3, -0.25) is 24.0 Å². The Labute approximate surface area is 192 Å². The van der Waals surface area contributed by atoms with E-state index in [4.69, 9.17) is 5.11 Å². The molecule has 184 valence electrons. The molecule has 0 aromatic carbocycles. The Morgan fingerprint density at radius 3 is 1.72 bits per heavy atom. The number of nitrogens with one attached hydrogen (secondary N) is 2. The van der Waals surface area contributed by atoms with Gasteiger partial charge in [-0.05, 0) is 32.6 Å². The Morgan fingerprint density at radius 1 is 0.719 bits per heavy atom. The summed E-state index contributed by atoms with van der Waals surface area (Å²) in [7, 11) is 0. The molecule has 8 heteroatoms. The smallest absolute Gasteiger partial charge is 0.304 e. The molecule has 3 N–H and O–H groups in total. The van der Waals surface area contributed by atoms with Crippen LogP contribution in [0.4, 0.5) is 0 Å². The first-order valence-electron chi connectivity index (χ1n) is 12.0. The molecule has 0 bridgehead atoms. The maximum Gasteiger partial charge on any atom is 0.304 e. The van der Waals surface area contributed by atoms with E-state index < -0.39 is 35.8 Å². The van der Waals surface area contributed by atoms with E-state index >= 15 is 0 Å². The molecule has 0 saturated carbocycles. The number of unbranched alkanes of at least 4 members (excludes halogenated alkanes) is 2. The average molecular weight is 455 g/mol. The molecule has 0 aliphatic carbocycles. The molecule has 0 unspecified atom stereocenters. The van der Waals surface area contributed by atoms with Crippen LogP contribution < -0.4 is 10.6 Å². The molecular weight excluding hydrogens is 412 g/mol. The standard InChI is InChI=1S/C24H42N2O6/c1-6-10-12-18(24(32)26-20(16(5)27)13-11-7-2)14-21(28)19(9-4)25-23(31)17(8-3)15-22(29)30/h17-20H,6-15H2,1-5H3,(H,25,31)(H,26,32)(H,29,30)/t17-,18+,19-,20-/m0/s1. The fraction of sp³-hybridized carbons (Fsp3) is 0.792.